The Morgan fingerprint density at radius 1 is 1.12 bits per heavy atom. The monoisotopic (exact) mass is 493 g/mol. The van der Waals surface area contributed by atoms with E-state index in [1.54, 1.807) is 29.8 Å². The number of rotatable bonds is 6. The molecule has 1 amide bonds. The Morgan fingerprint density at radius 2 is 1.88 bits per heavy atom. The standard InChI is InChI=1S/C21H18F3N5O4S/c1-10(18(31)32-3)25-17(30)11-4-7-15-14(8-11)26-19(29(15)2)28-20-27-13-6-5-12(9-16(13)34-20)33-21(22,23)24/h4-10H,1-3H3,(H,25,30)(H,26,27,28)/t10-/m0/s1. The molecule has 0 saturated carbocycles. The molecule has 4 rings (SSSR count). The Labute approximate surface area is 194 Å². The van der Waals surface area contributed by atoms with Crippen LogP contribution in [0, 0.1) is 0 Å². The molecule has 178 valence electrons. The number of methoxy groups -OCH3 is 1. The lowest BCUT2D eigenvalue weighted by molar-refractivity contribution is -0.274. The Morgan fingerprint density at radius 3 is 2.59 bits per heavy atom. The zero-order chi connectivity index (χ0) is 24.6. The lowest BCUT2D eigenvalue weighted by Crippen LogP contribution is -2.39. The summed E-state index contributed by atoms with van der Waals surface area (Å²) < 4.78 is 48.2. The van der Waals surface area contributed by atoms with Crippen molar-refractivity contribution in [3.05, 3.63) is 42.0 Å². The smallest absolute Gasteiger partial charge is 0.467 e. The van der Waals surface area contributed by atoms with Crippen LogP contribution in [0.3, 0.4) is 0 Å². The summed E-state index contributed by atoms with van der Waals surface area (Å²) >= 11 is 1.14. The van der Waals surface area contributed by atoms with Gasteiger partial charge in [0.1, 0.15) is 11.8 Å². The van der Waals surface area contributed by atoms with Crippen molar-refractivity contribution in [2.45, 2.75) is 19.3 Å². The summed E-state index contributed by atoms with van der Waals surface area (Å²) in [5, 5.41) is 6.03. The highest BCUT2D eigenvalue weighted by Gasteiger charge is 2.31. The Bertz CT molecular complexity index is 1400. The van der Waals surface area contributed by atoms with Crippen LogP contribution in [-0.4, -0.2) is 45.9 Å². The highest BCUT2D eigenvalue weighted by atomic mass is 32.1. The first-order valence-electron chi connectivity index (χ1n) is 9.82. The van der Waals surface area contributed by atoms with E-state index < -0.39 is 24.3 Å². The maximum Gasteiger partial charge on any atom is 0.573 e. The number of carbonyl (C=O) groups is 2. The number of esters is 1. The van der Waals surface area contributed by atoms with Crippen LogP contribution < -0.4 is 15.4 Å². The molecule has 9 nitrogen and oxygen atoms in total. The molecule has 2 aromatic heterocycles. The normalized spacial score (nSPS) is 12.5. The van der Waals surface area contributed by atoms with Crippen LogP contribution in [0.4, 0.5) is 24.3 Å². The van der Waals surface area contributed by atoms with Crippen LogP contribution >= 0.6 is 11.3 Å². The number of hydrogen-bond acceptors (Lipinski definition) is 8. The topological polar surface area (TPSA) is 107 Å². The van der Waals surface area contributed by atoms with Gasteiger partial charge < -0.3 is 24.7 Å². The Kier molecular flexibility index (Phi) is 6.04. The van der Waals surface area contributed by atoms with Gasteiger partial charge in [-0.1, -0.05) is 11.3 Å². The number of aromatic nitrogens is 3. The van der Waals surface area contributed by atoms with E-state index in [0.29, 0.717) is 32.4 Å². The number of halogens is 3. The third kappa shape index (κ3) is 4.88. The van der Waals surface area contributed by atoms with Crippen molar-refractivity contribution in [1.82, 2.24) is 19.9 Å². The molecule has 34 heavy (non-hydrogen) atoms. The number of fused-ring (bicyclic) bond motifs is 2. The minimum atomic E-state index is -4.78. The first kappa shape index (κ1) is 23.3. The van der Waals surface area contributed by atoms with Crippen molar-refractivity contribution in [3.63, 3.8) is 0 Å². The molecular formula is C21H18F3N5O4S. The molecule has 0 unspecified atom stereocenters. The molecule has 0 bridgehead atoms. The second-order valence-corrected chi connectivity index (χ2v) is 8.27. The summed E-state index contributed by atoms with van der Waals surface area (Å²) in [7, 11) is 3.00. The van der Waals surface area contributed by atoms with Crippen molar-refractivity contribution in [2.24, 2.45) is 7.05 Å². The zero-order valence-corrected chi connectivity index (χ0v) is 18.9. The average molecular weight is 493 g/mol. The van der Waals surface area contributed by atoms with Crippen LogP contribution in [-0.2, 0) is 16.6 Å². The predicted molar refractivity (Wildman–Crippen MR) is 119 cm³/mol. The fourth-order valence-corrected chi connectivity index (χ4v) is 4.11. The highest BCUT2D eigenvalue weighted by Crippen LogP contribution is 2.33. The average Bonchev–Trinajstić information content (AvgIpc) is 3.31. The Balaban J connectivity index is 1.56. The van der Waals surface area contributed by atoms with E-state index in [-0.39, 0.29) is 5.75 Å². The Hall–Kier alpha value is -3.87. The fraction of sp³-hybridized carbons (Fsp3) is 0.238. The second-order valence-electron chi connectivity index (χ2n) is 7.24. The molecular weight excluding hydrogens is 475 g/mol. The number of thiazole rings is 1. The molecule has 0 spiro atoms. The zero-order valence-electron chi connectivity index (χ0n) is 18.1. The van der Waals surface area contributed by atoms with E-state index in [2.05, 4.69) is 30.1 Å². The summed E-state index contributed by atoms with van der Waals surface area (Å²) in [5.74, 6) is -0.929. The van der Waals surface area contributed by atoms with Gasteiger partial charge in [-0.25, -0.2) is 14.8 Å². The van der Waals surface area contributed by atoms with Gasteiger partial charge in [0.25, 0.3) is 5.91 Å². The van der Waals surface area contributed by atoms with E-state index in [1.807, 2.05) is 0 Å². The number of carbonyl (C=O) groups excluding carboxylic acids is 2. The van der Waals surface area contributed by atoms with Crippen LogP contribution in [0.1, 0.15) is 17.3 Å². The number of aryl methyl sites for hydroxylation is 1. The molecule has 0 saturated heterocycles. The molecule has 2 aromatic carbocycles. The molecule has 0 fully saturated rings. The van der Waals surface area contributed by atoms with Crippen molar-refractivity contribution < 1.29 is 32.2 Å². The first-order valence-corrected chi connectivity index (χ1v) is 10.6. The van der Waals surface area contributed by atoms with Gasteiger partial charge in [0.15, 0.2) is 5.13 Å². The number of ether oxygens (including phenoxy) is 2. The van der Waals surface area contributed by atoms with Crippen molar-refractivity contribution in [3.8, 4) is 5.75 Å². The fourth-order valence-electron chi connectivity index (χ4n) is 3.22. The molecule has 0 aliphatic carbocycles. The maximum atomic E-state index is 12.5. The summed E-state index contributed by atoms with van der Waals surface area (Å²) in [4.78, 5) is 32.9. The van der Waals surface area contributed by atoms with Gasteiger partial charge in [0, 0.05) is 18.7 Å². The highest BCUT2D eigenvalue weighted by molar-refractivity contribution is 7.22. The van der Waals surface area contributed by atoms with E-state index in [4.69, 9.17) is 0 Å². The van der Waals surface area contributed by atoms with Crippen LogP contribution in [0.5, 0.6) is 5.75 Å². The van der Waals surface area contributed by atoms with Gasteiger partial charge in [-0.2, -0.15) is 0 Å². The summed E-state index contributed by atoms with van der Waals surface area (Å²) in [5.41, 5.74) is 2.05. The van der Waals surface area contributed by atoms with Gasteiger partial charge in [0.05, 0.1) is 28.4 Å². The molecule has 0 aliphatic heterocycles. The van der Waals surface area contributed by atoms with Gasteiger partial charge in [-0.3, -0.25) is 4.79 Å². The van der Waals surface area contributed by atoms with E-state index >= 15 is 0 Å². The number of amides is 1. The first-order chi connectivity index (χ1) is 16.0. The van der Waals surface area contributed by atoms with Crippen molar-refractivity contribution in [2.75, 3.05) is 12.4 Å². The third-order valence-corrected chi connectivity index (χ3v) is 5.79. The lowest BCUT2D eigenvalue weighted by Gasteiger charge is -2.11. The SMILES string of the molecule is COC(=O)[C@H](C)NC(=O)c1ccc2c(c1)nc(Nc1nc3ccc(OC(F)(F)F)cc3s1)n2C. The molecule has 2 heterocycles. The minimum Gasteiger partial charge on any atom is -0.467 e. The maximum absolute atomic E-state index is 12.5. The molecule has 4 aromatic rings. The van der Waals surface area contributed by atoms with Crippen molar-refractivity contribution >= 4 is 55.5 Å². The van der Waals surface area contributed by atoms with Gasteiger partial charge in [-0.15, -0.1) is 13.2 Å². The summed E-state index contributed by atoms with van der Waals surface area (Å²) in [6, 6.07) is 7.99. The minimum absolute atomic E-state index is 0.310. The number of alkyl halides is 3. The number of nitrogens with one attached hydrogen (secondary N) is 2. The number of nitrogens with zero attached hydrogens (tertiary/aromatic N) is 3. The number of imidazole rings is 1. The third-order valence-electron chi connectivity index (χ3n) is 4.86. The number of benzene rings is 2. The second kappa shape index (κ2) is 8.82. The quantitative estimate of drug-likeness (QED) is 0.389. The van der Waals surface area contributed by atoms with Crippen LogP contribution in [0.2, 0.25) is 0 Å². The van der Waals surface area contributed by atoms with Crippen LogP contribution in [0.15, 0.2) is 36.4 Å². The van der Waals surface area contributed by atoms with Gasteiger partial charge in [-0.05, 0) is 37.3 Å². The number of hydrogen-bond donors (Lipinski definition) is 2. The van der Waals surface area contributed by atoms with Gasteiger partial charge in [0.2, 0.25) is 5.95 Å². The van der Waals surface area contributed by atoms with Gasteiger partial charge >= 0.3 is 12.3 Å². The molecule has 2 N–H and O–H groups in total. The molecule has 0 radical (unpaired) electrons. The molecule has 0 aliphatic rings. The molecule has 1 atom stereocenters. The van der Waals surface area contributed by atoms with Crippen LogP contribution in [0.25, 0.3) is 21.3 Å². The lowest BCUT2D eigenvalue weighted by atomic mass is 10.1. The van der Waals surface area contributed by atoms with E-state index in [9.17, 15) is 22.8 Å². The summed E-state index contributed by atoms with van der Waals surface area (Å²) in [6.07, 6.45) is -4.78. The van der Waals surface area contributed by atoms with Crippen molar-refractivity contribution in [1.29, 1.82) is 0 Å². The summed E-state index contributed by atoms with van der Waals surface area (Å²) in [6.45, 7) is 1.52. The predicted octanol–water partition coefficient (Wildman–Crippen LogP) is 4.12. The largest absolute Gasteiger partial charge is 0.573 e. The molecule has 13 heteroatoms. The van der Waals surface area contributed by atoms with E-state index in [0.717, 1.165) is 16.9 Å². The number of anilines is 2. The van der Waals surface area contributed by atoms with E-state index in [1.165, 1.54) is 32.2 Å².